The smallest absolute Gasteiger partial charge is 0.248 e. The fourth-order valence-corrected chi connectivity index (χ4v) is 2.12. The fraction of sp³-hybridized carbons (Fsp3) is 0.250. The van der Waals surface area contributed by atoms with Crippen molar-refractivity contribution >= 4 is 16.0 Å². The molecule has 1 heterocycles. The number of anilines is 1. The molecule has 0 spiro atoms. The molecule has 1 aromatic heterocycles. The van der Waals surface area contributed by atoms with Gasteiger partial charge in [0.25, 0.3) is 0 Å². The van der Waals surface area contributed by atoms with E-state index in [0.717, 1.165) is 16.7 Å². The molecule has 0 bridgehead atoms. The van der Waals surface area contributed by atoms with E-state index in [1.807, 2.05) is 0 Å². The van der Waals surface area contributed by atoms with Gasteiger partial charge in [0.15, 0.2) is 0 Å². The Morgan fingerprint density at radius 3 is 2.12 bits per heavy atom. The van der Waals surface area contributed by atoms with Crippen molar-refractivity contribution in [2.75, 3.05) is 18.8 Å². The van der Waals surface area contributed by atoms with Gasteiger partial charge in [-0.05, 0) is 0 Å². The standard InChI is InChI=1S/C8H8N6O2S/c9-1-3-14(4-2-10)17(15,16)7-5-12-8(11)13-6-7/h5-6H,3-4H2,(H2,11,12,13). The van der Waals surface area contributed by atoms with Crippen molar-refractivity contribution in [2.24, 2.45) is 0 Å². The van der Waals surface area contributed by atoms with E-state index in [0.29, 0.717) is 0 Å². The maximum absolute atomic E-state index is 11.9. The number of nitrogen functional groups attached to an aromatic ring is 1. The van der Waals surface area contributed by atoms with E-state index in [2.05, 4.69) is 9.97 Å². The number of nitrogens with two attached hydrogens (primary N) is 1. The second-order valence-corrected chi connectivity index (χ2v) is 4.80. The molecule has 8 nitrogen and oxygen atoms in total. The fourth-order valence-electron chi connectivity index (χ4n) is 0.992. The molecule has 17 heavy (non-hydrogen) atoms. The van der Waals surface area contributed by atoms with E-state index < -0.39 is 23.1 Å². The highest BCUT2D eigenvalue weighted by molar-refractivity contribution is 7.89. The van der Waals surface area contributed by atoms with Crippen molar-refractivity contribution in [1.29, 1.82) is 10.5 Å². The second kappa shape index (κ2) is 5.21. The summed E-state index contributed by atoms with van der Waals surface area (Å²) in [5, 5.41) is 17.0. The van der Waals surface area contributed by atoms with Crippen molar-refractivity contribution < 1.29 is 8.42 Å². The monoisotopic (exact) mass is 252 g/mol. The topological polar surface area (TPSA) is 137 Å². The molecule has 0 radical (unpaired) electrons. The summed E-state index contributed by atoms with van der Waals surface area (Å²) in [5.41, 5.74) is 5.23. The molecule has 0 aliphatic heterocycles. The Balaban J connectivity index is 3.13. The zero-order valence-corrected chi connectivity index (χ0v) is 9.42. The third-order valence-corrected chi connectivity index (χ3v) is 3.52. The van der Waals surface area contributed by atoms with Crippen molar-refractivity contribution in [1.82, 2.24) is 14.3 Å². The Labute approximate surface area is 98.0 Å². The molecule has 2 N–H and O–H groups in total. The minimum absolute atomic E-state index is 0.0592. The molecule has 0 aromatic carbocycles. The molecule has 0 amide bonds. The number of nitrogens with zero attached hydrogens (tertiary/aromatic N) is 5. The molecule has 0 aliphatic rings. The molecule has 0 atom stereocenters. The van der Waals surface area contributed by atoms with Gasteiger partial charge >= 0.3 is 0 Å². The Morgan fingerprint density at radius 2 is 1.71 bits per heavy atom. The average Bonchev–Trinajstić information content (AvgIpc) is 2.29. The lowest BCUT2D eigenvalue weighted by atomic mass is 10.6. The zero-order chi connectivity index (χ0) is 12.9. The molecule has 1 rings (SSSR count). The SMILES string of the molecule is N#CCN(CC#N)S(=O)(=O)c1cnc(N)nc1. The lowest BCUT2D eigenvalue weighted by Crippen LogP contribution is -2.32. The minimum atomic E-state index is -3.93. The van der Waals surface area contributed by atoms with Gasteiger partial charge in [0.1, 0.15) is 18.0 Å². The zero-order valence-electron chi connectivity index (χ0n) is 8.61. The second-order valence-electron chi connectivity index (χ2n) is 2.87. The molecule has 1 aromatic rings. The van der Waals surface area contributed by atoms with Crippen LogP contribution in [0.3, 0.4) is 0 Å². The highest BCUT2D eigenvalue weighted by Crippen LogP contribution is 2.13. The number of hydrogen-bond donors (Lipinski definition) is 1. The first-order valence-corrected chi connectivity index (χ1v) is 5.78. The van der Waals surface area contributed by atoms with E-state index in [1.54, 1.807) is 12.1 Å². The van der Waals surface area contributed by atoms with Gasteiger partial charge in [-0.2, -0.15) is 14.8 Å². The highest BCUT2D eigenvalue weighted by Gasteiger charge is 2.24. The molecule has 88 valence electrons. The van der Waals surface area contributed by atoms with Crippen LogP contribution in [-0.2, 0) is 10.0 Å². The normalized spacial score (nSPS) is 10.8. The predicted octanol–water partition coefficient (Wildman–Crippen LogP) is -0.903. The van der Waals surface area contributed by atoms with Gasteiger partial charge in [-0.1, -0.05) is 0 Å². The summed E-state index contributed by atoms with van der Waals surface area (Å²) in [4.78, 5) is 6.88. The van der Waals surface area contributed by atoms with Gasteiger partial charge in [0.05, 0.1) is 24.5 Å². The van der Waals surface area contributed by atoms with Crippen LogP contribution in [0.15, 0.2) is 17.3 Å². The van der Waals surface area contributed by atoms with Crippen molar-refractivity contribution in [3.63, 3.8) is 0 Å². The van der Waals surface area contributed by atoms with Crippen molar-refractivity contribution in [3.8, 4) is 12.1 Å². The summed E-state index contributed by atoms with van der Waals surface area (Å²) in [6.45, 7) is -0.833. The largest absolute Gasteiger partial charge is 0.368 e. The molecular weight excluding hydrogens is 244 g/mol. The molecule has 0 saturated heterocycles. The Bertz CT molecular complexity index is 552. The van der Waals surface area contributed by atoms with Crippen LogP contribution in [0.5, 0.6) is 0 Å². The first-order valence-electron chi connectivity index (χ1n) is 4.34. The molecule has 0 unspecified atom stereocenters. The summed E-state index contributed by atoms with van der Waals surface area (Å²) >= 11 is 0. The van der Waals surface area contributed by atoms with Crippen LogP contribution in [0.4, 0.5) is 5.95 Å². The quantitative estimate of drug-likeness (QED) is 0.685. The van der Waals surface area contributed by atoms with Gasteiger partial charge in [-0.15, -0.1) is 0 Å². The van der Waals surface area contributed by atoms with Gasteiger partial charge in [-0.3, -0.25) is 0 Å². The van der Waals surface area contributed by atoms with Crippen molar-refractivity contribution in [3.05, 3.63) is 12.4 Å². The molecule has 0 aliphatic carbocycles. The summed E-state index contributed by atoms with van der Waals surface area (Å²) in [5.74, 6) is -0.0592. The summed E-state index contributed by atoms with van der Waals surface area (Å²) in [7, 11) is -3.93. The number of rotatable bonds is 4. The Hall–Kier alpha value is -2.23. The molecule has 0 fully saturated rings. The van der Waals surface area contributed by atoms with Crippen LogP contribution in [0.25, 0.3) is 0 Å². The molecule has 9 heteroatoms. The van der Waals surface area contributed by atoms with Crippen LogP contribution in [0.2, 0.25) is 0 Å². The lowest BCUT2D eigenvalue weighted by molar-refractivity contribution is 0.479. The maximum Gasteiger partial charge on any atom is 0.248 e. The van der Waals surface area contributed by atoms with E-state index in [-0.39, 0.29) is 10.8 Å². The number of hydrogen-bond acceptors (Lipinski definition) is 7. The number of nitriles is 2. The third kappa shape index (κ3) is 2.87. The third-order valence-electron chi connectivity index (χ3n) is 1.78. The predicted molar refractivity (Wildman–Crippen MR) is 56.4 cm³/mol. The Morgan fingerprint density at radius 1 is 1.24 bits per heavy atom. The summed E-state index contributed by atoms with van der Waals surface area (Å²) in [6, 6.07) is 3.34. The van der Waals surface area contributed by atoms with Crippen LogP contribution in [0.1, 0.15) is 0 Å². The van der Waals surface area contributed by atoms with Gasteiger partial charge in [0, 0.05) is 0 Å². The van der Waals surface area contributed by atoms with Gasteiger partial charge < -0.3 is 5.73 Å². The van der Waals surface area contributed by atoms with Gasteiger partial charge in [0.2, 0.25) is 16.0 Å². The summed E-state index contributed by atoms with van der Waals surface area (Å²) < 4.78 is 24.6. The minimum Gasteiger partial charge on any atom is -0.368 e. The van der Waals surface area contributed by atoms with Crippen LogP contribution in [-0.4, -0.2) is 35.8 Å². The van der Waals surface area contributed by atoms with Crippen molar-refractivity contribution in [2.45, 2.75) is 4.90 Å². The summed E-state index contributed by atoms with van der Waals surface area (Å²) in [6.07, 6.45) is 2.05. The van der Waals surface area contributed by atoms with Gasteiger partial charge in [-0.25, -0.2) is 18.4 Å². The van der Waals surface area contributed by atoms with E-state index >= 15 is 0 Å². The van der Waals surface area contributed by atoms with E-state index in [4.69, 9.17) is 16.3 Å². The van der Waals surface area contributed by atoms with Crippen LogP contribution < -0.4 is 5.73 Å². The maximum atomic E-state index is 11.9. The van der Waals surface area contributed by atoms with E-state index in [9.17, 15) is 8.42 Å². The molecule has 0 saturated carbocycles. The highest BCUT2D eigenvalue weighted by atomic mass is 32.2. The van der Waals surface area contributed by atoms with Crippen LogP contribution >= 0.6 is 0 Å². The Kier molecular flexibility index (Phi) is 3.93. The van der Waals surface area contributed by atoms with E-state index in [1.165, 1.54) is 0 Å². The first kappa shape index (κ1) is 12.8. The first-order chi connectivity index (χ1) is 8.02. The number of aromatic nitrogens is 2. The molecular formula is C8H8N6O2S. The average molecular weight is 252 g/mol. The lowest BCUT2D eigenvalue weighted by Gasteiger charge is -2.14. The van der Waals surface area contributed by atoms with Crippen LogP contribution in [0, 0.1) is 22.7 Å². The number of sulfonamides is 1.